The smallest absolute Gasteiger partial charge is 0.122 e. The molecule has 3 nitrogen and oxygen atoms in total. The second-order valence-electron chi connectivity index (χ2n) is 5.03. The number of fused-ring (bicyclic) bond motifs is 1. The lowest BCUT2D eigenvalue weighted by Crippen LogP contribution is -2.43. The number of para-hydroxylation sites is 1. The third-order valence-electron chi connectivity index (χ3n) is 3.63. The van der Waals surface area contributed by atoms with E-state index in [-0.39, 0.29) is 5.41 Å². The lowest BCUT2D eigenvalue weighted by Gasteiger charge is -2.36. The van der Waals surface area contributed by atoms with Gasteiger partial charge in [-0.05, 0) is 30.2 Å². The van der Waals surface area contributed by atoms with Crippen LogP contribution >= 0.6 is 0 Å². The van der Waals surface area contributed by atoms with Gasteiger partial charge in [0.05, 0.1) is 12.9 Å². The van der Waals surface area contributed by atoms with Crippen LogP contribution in [0.1, 0.15) is 11.3 Å². The molecule has 0 saturated carbocycles. The summed E-state index contributed by atoms with van der Waals surface area (Å²) < 4.78 is 11.3. The van der Waals surface area contributed by atoms with Crippen molar-refractivity contribution >= 4 is 0 Å². The third kappa shape index (κ3) is 2.02. The van der Waals surface area contributed by atoms with Crippen molar-refractivity contribution in [1.82, 2.24) is 0 Å². The van der Waals surface area contributed by atoms with E-state index < -0.39 is 0 Å². The normalized spacial score (nSPS) is 22.3. The van der Waals surface area contributed by atoms with Gasteiger partial charge in [-0.15, -0.1) is 0 Å². The second-order valence-corrected chi connectivity index (χ2v) is 5.03. The minimum atomic E-state index is -0.0494. The molecule has 0 spiro atoms. The van der Waals surface area contributed by atoms with Crippen LogP contribution in [-0.4, -0.2) is 13.2 Å². The first kappa shape index (κ1) is 11.4. The van der Waals surface area contributed by atoms with E-state index in [0.717, 1.165) is 24.4 Å². The average Bonchev–Trinajstić information content (AvgIpc) is 2.91. The molecule has 2 N–H and O–H groups in total. The largest absolute Gasteiger partial charge is 0.493 e. The predicted molar refractivity (Wildman–Crippen MR) is 69.5 cm³/mol. The fourth-order valence-electron chi connectivity index (χ4n) is 2.58. The summed E-state index contributed by atoms with van der Waals surface area (Å²) in [5.41, 5.74) is 7.18. The number of ether oxygens (including phenoxy) is 1. The zero-order valence-electron chi connectivity index (χ0n) is 10.3. The molecule has 0 aliphatic carbocycles. The Bertz CT molecular complexity index is 521. The minimum Gasteiger partial charge on any atom is -0.493 e. The highest BCUT2D eigenvalue weighted by atomic mass is 16.5. The van der Waals surface area contributed by atoms with E-state index in [1.54, 1.807) is 6.26 Å². The van der Waals surface area contributed by atoms with Gasteiger partial charge < -0.3 is 14.9 Å². The molecule has 3 rings (SSSR count). The summed E-state index contributed by atoms with van der Waals surface area (Å²) in [5, 5.41) is 0. The Morgan fingerprint density at radius 2 is 2.06 bits per heavy atom. The van der Waals surface area contributed by atoms with Crippen LogP contribution in [-0.2, 0) is 12.8 Å². The van der Waals surface area contributed by atoms with Crippen molar-refractivity contribution in [3.8, 4) is 5.75 Å². The van der Waals surface area contributed by atoms with Gasteiger partial charge in [0.2, 0.25) is 0 Å². The molecule has 1 atom stereocenters. The molecule has 0 bridgehead atoms. The Balaban J connectivity index is 1.86. The lowest BCUT2D eigenvalue weighted by molar-refractivity contribution is 0.120. The molecule has 94 valence electrons. The number of furan rings is 1. The van der Waals surface area contributed by atoms with E-state index >= 15 is 0 Å². The Hall–Kier alpha value is -1.74. The van der Waals surface area contributed by atoms with Gasteiger partial charge in [0.15, 0.2) is 0 Å². The molecule has 1 unspecified atom stereocenters. The Labute approximate surface area is 107 Å². The van der Waals surface area contributed by atoms with Crippen LogP contribution in [0, 0.1) is 5.41 Å². The number of benzene rings is 1. The van der Waals surface area contributed by atoms with Crippen LogP contribution in [0.4, 0.5) is 0 Å². The zero-order chi connectivity index (χ0) is 12.4. The second kappa shape index (κ2) is 4.50. The monoisotopic (exact) mass is 243 g/mol. The van der Waals surface area contributed by atoms with E-state index in [9.17, 15) is 0 Å². The van der Waals surface area contributed by atoms with Gasteiger partial charge in [-0.25, -0.2) is 0 Å². The summed E-state index contributed by atoms with van der Waals surface area (Å²) in [6.45, 7) is 1.25. The van der Waals surface area contributed by atoms with Gasteiger partial charge in [-0.1, -0.05) is 18.2 Å². The molecule has 0 radical (unpaired) electrons. The molecule has 1 aromatic carbocycles. The summed E-state index contributed by atoms with van der Waals surface area (Å²) in [4.78, 5) is 0. The van der Waals surface area contributed by atoms with E-state index in [2.05, 4.69) is 6.07 Å². The minimum absolute atomic E-state index is 0.0494. The molecule has 2 aromatic rings. The van der Waals surface area contributed by atoms with Crippen LogP contribution in [0.25, 0.3) is 0 Å². The summed E-state index contributed by atoms with van der Waals surface area (Å²) in [7, 11) is 0. The molecule has 3 heteroatoms. The van der Waals surface area contributed by atoms with Crippen molar-refractivity contribution < 1.29 is 9.15 Å². The Morgan fingerprint density at radius 3 is 2.83 bits per heavy atom. The molecule has 1 aliphatic heterocycles. The summed E-state index contributed by atoms with van der Waals surface area (Å²) in [5.74, 6) is 1.96. The first-order valence-corrected chi connectivity index (χ1v) is 6.24. The fourth-order valence-corrected chi connectivity index (χ4v) is 2.58. The molecular formula is C15H17NO2. The van der Waals surface area contributed by atoms with Crippen LogP contribution < -0.4 is 10.5 Å². The van der Waals surface area contributed by atoms with E-state index in [1.165, 1.54) is 5.56 Å². The topological polar surface area (TPSA) is 48.4 Å². The van der Waals surface area contributed by atoms with Crippen molar-refractivity contribution in [3.05, 3.63) is 54.0 Å². The van der Waals surface area contributed by atoms with Gasteiger partial charge >= 0.3 is 0 Å². The number of hydrogen-bond donors (Lipinski definition) is 1. The van der Waals surface area contributed by atoms with Gasteiger partial charge in [0, 0.05) is 18.4 Å². The van der Waals surface area contributed by atoms with Crippen molar-refractivity contribution in [2.75, 3.05) is 13.2 Å². The summed E-state index contributed by atoms with van der Waals surface area (Å²) in [6.07, 6.45) is 3.47. The van der Waals surface area contributed by atoms with Crippen LogP contribution in [0.5, 0.6) is 5.75 Å². The molecule has 1 aromatic heterocycles. The summed E-state index contributed by atoms with van der Waals surface area (Å²) in [6, 6.07) is 12.1. The molecular weight excluding hydrogens is 226 g/mol. The fraction of sp³-hybridized carbons (Fsp3) is 0.333. The molecule has 18 heavy (non-hydrogen) atoms. The van der Waals surface area contributed by atoms with E-state index in [0.29, 0.717) is 13.2 Å². The number of hydrogen-bond acceptors (Lipinski definition) is 3. The first-order chi connectivity index (χ1) is 8.81. The standard InChI is InChI=1S/C15H17NO2/c16-10-15(9-13-5-3-7-17-13)8-12-4-1-2-6-14(12)18-11-15/h1-7H,8-11,16H2. The van der Waals surface area contributed by atoms with Crippen molar-refractivity contribution in [3.63, 3.8) is 0 Å². The number of nitrogens with two attached hydrogens (primary N) is 1. The van der Waals surface area contributed by atoms with Gasteiger partial charge in [-0.2, -0.15) is 0 Å². The maximum Gasteiger partial charge on any atom is 0.122 e. The number of rotatable bonds is 3. The highest BCUT2D eigenvalue weighted by Crippen LogP contribution is 2.36. The first-order valence-electron chi connectivity index (χ1n) is 6.24. The van der Waals surface area contributed by atoms with E-state index in [1.807, 2.05) is 30.3 Å². The zero-order valence-corrected chi connectivity index (χ0v) is 10.3. The van der Waals surface area contributed by atoms with E-state index in [4.69, 9.17) is 14.9 Å². The molecule has 0 amide bonds. The van der Waals surface area contributed by atoms with Gasteiger partial charge in [0.1, 0.15) is 11.5 Å². The SMILES string of the molecule is NCC1(Cc2ccco2)COc2ccccc2C1. The Morgan fingerprint density at radius 1 is 1.17 bits per heavy atom. The Kier molecular flexibility index (Phi) is 2.84. The average molecular weight is 243 g/mol. The van der Waals surface area contributed by atoms with Gasteiger partial charge in [0.25, 0.3) is 0 Å². The van der Waals surface area contributed by atoms with Crippen LogP contribution in [0.15, 0.2) is 47.1 Å². The van der Waals surface area contributed by atoms with Crippen LogP contribution in [0.2, 0.25) is 0 Å². The van der Waals surface area contributed by atoms with Crippen molar-refractivity contribution in [2.45, 2.75) is 12.8 Å². The quantitative estimate of drug-likeness (QED) is 0.900. The highest BCUT2D eigenvalue weighted by Gasteiger charge is 2.35. The van der Waals surface area contributed by atoms with Crippen molar-refractivity contribution in [2.24, 2.45) is 11.1 Å². The molecule has 0 fully saturated rings. The predicted octanol–water partition coefficient (Wildman–Crippen LogP) is 2.40. The maximum absolute atomic E-state index is 5.99. The van der Waals surface area contributed by atoms with Gasteiger partial charge in [-0.3, -0.25) is 0 Å². The lowest BCUT2D eigenvalue weighted by atomic mass is 9.77. The maximum atomic E-state index is 5.99. The van der Waals surface area contributed by atoms with Crippen molar-refractivity contribution in [1.29, 1.82) is 0 Å². The molecule has 0 saturated heterocycles. The molecule has 1 aliphatic rings. The third-order valence-corrected chi connectivity index (χ3v) is 3.63. The van der Waals surface area contributed by atoms with Crippen LogP contribution in [0.3, 0.4) is 0 Å². The summed E-state index contributed by atoms with van der Waals surface area (Å²) >= 11 is 0. The highest BCUT2D eigenvalue weighted by molar-refractivity contribution is 5.36. The molecule has 2 heterocycles.